The molecule has 2 aliphatic rings. The molecule has 0 N–H and O–H groups in total. The zero-order chi connectivity index (χ0) is 12.6. The Balaban J connectivity index is 1.72. The van der Waals surface area contributed by atoms with E-state index in [1.54, 1.807) is 0 Å². The maximum atomic E-state index is 5.79. The monoisotopic (exact) mass is 246 g/mol. The topological polar surface area (TPSA) is 18.5 Å². The van der Waals surface area contributed by atoms with Crippen molar-refractivity contribution in [1.82, 2.24) is 0 Å². The van der Waals surface area contributed by atoms with E-state index in [4.69, 9.17) is 9.47 Å². The van der Waals surface area contributed by atoms with Crippen LogP contribution in [0.15, 0.2) is 18.2 Å². The van der Waals surface area contributed by atoms with Crippen molar-refractivity contribution in [1.29, 1.82) is 0 Å². The standard InChI is InChI=1S/C16H22O2/c1-12-9-13(2)11-15(10-12)14-3-5-16(6-4-14)17-7-8-18-16/h9-11,14H,3-8H2,1-2H3. The quantitative estimate of drug-likeness (QED) is 0.752. The van der Waals surface area contributed by atoms with E-state index in [1.807, 2.05) is 0 Å². The number of rotatable bonds is 1. The summed E-state index contributed by atoms with van der Waals surface area (Å²) in [5.74, 6) is 0.456. The molecule has 18 heavy (non-hydrogen) atoms. The molecule has 98 valence electrons. The molecule has 1 saturated heterocycles. The molecule has 0 bridgehead atoms. The predicted molar refractivity (Wildman–Crippen MR) is 71.8 cm³/mol. The van der Waals surface area contributed by atoms with Gasteiger partial charge in [0.2, 0.25) is 0 Å². The third-order valence-corrected chi connectivity index (χ3v) is 4.28. The van der Waals surface area contributed by atoms with Gasteiger partial charge in [0.25, 0.3) is 0 Å². The summed E-state index contributed by atoms with van der Waals surface area (Å²) < 4.78 is 11.6. The first-order valence-electron chi connectivity index (χ1n) is 7.03. The number of aryl methyl sites for hydroxylation is 2. The highest BCUT2D eigenvalue weighted by molar-refractivity contribution is 5.31. The van der Waals surface area contributed by atoms with E-state index in [0.717, 1.165) is 26.1 Å². The first kappa shape index (κ1) is 12.2. The van der Waals surface area contributed by atoms with Crippen molar-refractivity contribution in [2.45, 2.75) is 51.2 Å². The average molecular weight is 246 g/mol. The highest BCUT2D eigenvalue weighted by Crippen LogP contribution is 2.42. The van der Waals surface area contributed by atoms with Gasteiger partial charge in [-0.25, -0.2) is 0 Å². The molecule has 1 spiro atoms. The van der Waals surface area contributed by atoms with Gasteiger partial charge >= 0.3 is 0 Å². The summed E-state index contributed by atoms with van der Waals surface area (Å²) in [6, 6.07) is 6.93. The molecule has 2 fully saturated rings. The minimum atomic E-state index is -0.227. The second kappa shape index (κ2) is 4.67. The second-order valence-electron chi connectivity index (χ2n) is 5.80. The fourth-order valence-corrected chi connectivity index (χ4v) is 3.42. The predicted octanol–water partition coefficient (Wildman–Crippen LogP) is 3.70. The summed E-state index contributed by atoms with van der Waals surface area (Å²) in [7, 11) is 0. The van der Waals surface area contributed by atoms with Crippen molar-refractivity contribution in [2.75, 3.05) is 13.2 Å². The van der Waals surface area contributed by atoms with Crippen LogP contribution < -0.4 is 0 Å². The van der Waals surface area contributed by atoms with E-state index >= 15 is 0 Å². The van der Waals surface area contributed by atoms with Crippen molar-refractivity contribution < 1.29 is 9.47 Å². The van der Waals surface area contributed by atoms with Gasteiger partial charge < -0.3 is 9.47 Å². The van der Waals surface area contributed by atoms with Crippen LogP contribution >= 0.6 is 0 Å². The van der Waals surface area contributed by atoms with Gasteiger partial charge in [-0.3, -0.25) is 0 Å². The summed E-state index contributed by atoms with van der Waals surface area (Å²) >= 11 is 0. The number of ether oxygens (including phenoxy) is 2. The Morgan fingerprint density at radius 2 is 1.50 bits per heavy atom. The van der Waals surface area contributed by atoms with Crippen molar-refractivity contribution in [3.63, 3.8) is 0 Å². The van der Waals surface area contributed by atoms with E-state index in [2.05, 4.69) is 32.0 Å². The van der Waals surface area contributed by atoms with Crippen molar-refractivity contribution in [3.05, 3.63) is 34.9 Å². The normalized spacial score (nSPS) is 23.7. The zero-order valence-electron chi connectivity index (χ0n) is 11.4. The minimum absolute atomic E-state index is 0.227. The highest BCUT2D eigenvalue weighted by atomic mass is 16.7. The Labute approximate surface area is 109 Å². The molecule has 1 heterocycles. The summed E-state index contributed by atoms with van der Waals surface area (Å²) in [5.41, 5.74) is 4.25. The number of benzene rings is 1. The van der Waals surface area contributed by atoms with Crippen molar-refractivity contribution in [3.8, 4) is 0 Å². The molecule has 0 atom stereocenters. The van der Waals surface area contributed by atoms with Crippen LogP contribution in [0.3, 0.4) is 0 Å². The average Bonchev–Trinajstić information content (AvgIpc) is 2.77. The summed E-state index contributed by atoms with van der Waals surface area (Å²) in [6.07, 6.45) is 4.46. The van der Waals surface area contributed by atoms with E-state index in [-0.39, 0.29) is 5.79 Å². The summed E-state index contributed by atoms with van der Waals surface area (Å²) in [5, 5.41) is 0. The SMILES string of the molecule is Cc1cc(C)cc(C2CCC3(CC2)OCCO3)c1. The van der Waals surface area contributed by atoms with Crippen LogP contribution in [0.4, 0.5) is 0 Å². The smallest absolute Gasteiger partial charge is 0.168 e. The van der Waals surface area contributed by atoms with Gasteiger partial charge in [-0.05, 0) is 38.2 Å². The van der Waals surface area contributed by atoms with Crippen LogP contribution in [0.1, 0.15) is 48.3 Å². The van der Waals surface area contributed by atoms with Gasteiger partial charge in [-0.15, -0.1) is 0 Å². The molecule has 2 nitrogen and oxygen atoms in total. The second-order valence-corrected chi connectivity index (χ2v) is 5.80. The molecule has 2 heteroatoms. The molecule has 0 amide bonds. The zero-order valence-corrected chi connectivity index (χ0v) is 11.4. The molecule has 3 rings (SSSR count). The van der Waals surface area contributed by atoms with E-state index in [0.29, 0.717) is 5.92 Å². The van der Waals surface area contributed by atoms with Gasteiger partial charge in [0, 0.05) is 12.8 Å². The van der Waals surface area contributed by atoms with Crippen LogP contribution in [0.2, 0.25) is 0 Å². The first-order valence-corrected chi connectivity index (χ1v) is 7.03. The van der Waals surface area contributed by atoms with Gasteiger partial charge in [-0.1, -0.05) is 29.3 Å². The largest absolute Gasteiger partial charge is 0.348 e. The van der Waals surface area contributed by atoms with Crippen LogP contribution in [0.5, 0.6) is 0 Å². The lowest BCUT2D eigenvalue weighted by Crippen LogP contribution is -2.34. The molecule has 0 unspecified atom stereocenters. The van der Waals surface area contributed by atoms with E-state index in [9.17, 15) is 0 Å². The van der Waals surface area contributed by atoms with Gasteiger partial charge in [-0.2, -0.15) is 0 Å². The summed E-state index contributed by atoms with van der Waals surface area (Å²) in [4.78, 5) is 0. The molecule has 0 aromatic heterocycles. The lowest BCUT2D eigenvalue weighted by atomic mass is 9.80. The lowest BCUT2D eigenvalue weighted by Gasteiger charge is -2.35. The minimum Gasteiger partial charge on any atom is -0.348 e. The maximum absolute atomic E-state index is 5.79. The van der Waals surface area contributed by atoms with Crippen LogP contribution in [-0.2, 0) is 9.47 Å². The van der Waals surface area contributed by atoms with E-state index < -0.39 is 0 Å². The Morgan fingerprint density at radius 1 is 0.944 bits per heavy atom. The number of hydrogen-bond acceptors (Lipinski definition) is 2. The molecular formula is C16H22O2. The van der Waals surface area contributed by atoms with Gasteiger partial charge in [0.05, 0.1) is 13.2 Å². The summed E-state index contributed by atoms with van der Waals surface area (Å²) in [6.45, 7) is 5.91. The molecule has 1 aromatic rings. The maximum Gasteiger partial charge on any atom is 0.168 e. The van der Waals surface area contributed by atoms with Crippen LogP contribution in [0.25, 0.3) is 0 Å². The van der Waals surface area contributed by atoms with Crippen molar-refractivity contribution in [2.24, 2.45) is 0 Å². The van der Waals surface area contributed by atoms with E-state index in [1.165, 1.54) is 29.5 Å². The first-order chi connectivity index (χ1) is 8.67. The third-order valence-electron chi connectivity index (χ3n) is 4.28. The highest BCUT2D eigenvalue weighted by Gasteiger charge is 2.40. The molecule has 1 saturated carbocycles. The molecule has 1 aromatic carbocycles. The Hall–Kier alpha value is -0.860. The molecule has 0 radical (unpaired) electrons. The van der Waals surface area contributed by atoms with Gasteiger partial charge in [0.15, 0.2) is 5.79 Å². The Bertz CT molecular complexity index is 402. The van der Waals surface area contributed by atoms with Crippen molar-refractivity contribution >= 4 is 0 Å². The fraction of sp³-hybridized carbons (Fsp3) is 0.625. The Kier molecular flexibility index (Phi) is 3.16. The van der Waals surface area contributed by atoms with Crippen LogP contribution in [-0.4, -0.2) is 19.0 Å². The number of hydrogen-bond donors (Lipinski definition) is 0. The molecule has 1 aliphatic heterocycles. The lowest BCUT2D eigenvalue weighted by molar-refractivity contribution is -0.178. The Morgan fingerprint density at radius 3 is 2.06 bits per heavy atom. The molecular weight excluding hydrogens is 224 g/mol. The van der Waals surface area contributed by atoms with Gasteiger partial charge in [0.1, 0.15) is 0 Å². The molecule has 1 aliphatic carbocycles. The fourth-order valence-electron chi connectivity index (χ4n) is 3.42. The van der Waals surface area contributed by atoms with Crippen LogP contribution in [0, 0.1) is 13.8 Å². The third kappa shape index (κ3) is 2.32.